The Labute approximate surface area is 141 Å². The van der Waals surface area contributed by atoms with Crippen molar-refractivity contribution in [1.82, 2.24) is 4.57 Å². The van der Waals surface area contributed by atoms with Gasteiger partial charge < -0.3 is 5.11 Å². The van der Waals surface area contributed by atoms with Crippen LogP contribution in [0.1, 0.15) is 17.4 Å². The average Bonchev–Trinajstić information content (AvgIpc) is 3.11. The standard InChI is InChI=1S/C15H12ClN3OS2/c1-2-19-14(20)13(22-15(19)21)12(10-7-17-18-8-10)9-3-5-11(16)6-4-9/h3-8,20H,2H2,1H3. The number of benzene rings is 1. The van der Waals surface area contributed by atoms with Gasteiger partial charge in [-0.05, 0) is 36.8 Å². The smallest absolute Gasteiger partial charge is 0.211 e. The number of hydrogen-bond donors (Lipinski definition) is 1. The monoisotopic (exact) mass is 349 g/mol. The molecule has 1 N–H and O–H groups in total. The topological polar surface area (TPSA) is 49.9 Å². The van der Waals surface area contributed by atoms with Crippen LogP contribution in [0, 0.1) is 3.95 Å². The largest absolute Gasteiger partial charge is 0.493 e. The Morgan fingerprint density at radius 2 is 1.91 bits per heavy atom. The van der Waals surface area contributed by atoms with Gasteiger partial charge in [-0.1, -0.05) is 23.7 Å². The second kappa shape index (κ2) is 6.16. The summed E-state index contributed by atoms with van der Waals surface area (Å²) in [6, 6.07) is 7.44. The molecule has 0 radical (unpaired) electrons. The van der Waals surface area contributed by atoms with Gasteiger partial charge in [0.25, 0.3) is 0 Å². The van der Waals surface area contributed by atoms with Crippen LogP contribution in [0.25, 0.3) is 5.57 Å². The third-order valence-electron chi connectivity index (χ3n) is 3.29. The Balaban J connectivity index is 2.26. The van der Waals surface area contributed by atoms with E-state index in [4.69, 9.17) is 23.8 Å². The maximum atomic E-state index is 10.5. The van der Waals surface area contributed by atoms with Crippen LogP contribution in [0.5, 0.6) is 5.88 Å². The van der Waals surface area contributed by atoms with Crippen molar-refractivity contribution >= 4 is 53.2 Å². The van der Waals surface area contributed by atoms with E-state index in [0.29, 0.717) is 20.4 Å². The molecule has 22 heavy (non-hydrogen) atoms. The molecule has 0 unspecified atom stereocenters. The zero-order chi connectivity index (χ0) is 15.7. The fourth-order valence-corrected chi connectivity index (χ4v) is 3.87. The van der Waals surface area contributed by atoms with Gasteiger partial charge in [0, 0.05) is 22.7 Å². The van der Waals surface area contributed by atoms with Gasteiger partial charge in [-0.25, -0.2) is 0 Å². The van der Waals surface area contributed by atoms with Crippen LogP contribution in [0.3, 0.4) is 0 Å². The van der Waals surface area contributed by atoms with E-state index in [1.165, 1.54) is 11.3 Å². The van der Waals surface area contributed by atoms with Crippen molar-refractivity contribution in [2.45, 2.75) is 13.5 Å². The minimum Gasteiger partial charge on any atom is -0.493 e. The highest BCUT2D eigenvalue weighted by atomic mass is 35.5. The Bertz CT molecular complexity index is 846. The van der Waals surface area contributed by atoms with Gasteiger partial charge in [-0.3, -0.25) is 4.57 Å². The van der Waals surface area contributed by atoms with E-state index < -0.39 is 0 Å². The number of allylic oxidation sites excluding steroid dienone is 1. The summed E-state index contributed by atoms with van der Waals surface area (Å²) in [6.45, 7) is 2.56. The number of rotatable bonds is 3. The average molecular weight is 350 g/mol. The molecular weight excluding hydrogens is 338 g/mol. The van der Waals surface area contributed by atoms with E-state index in [2.05, 4.69) is 10.2 Å². The van der Waals surface area contributed by atoms with Crippen LogP contribution in [-0.4, -0.2) is 22.1 Å². The van der Waals surface area contributed by atoms with Gasteiger partial charge in [-0.15, -0.1) is 11.3 Å². The lowest BCUT2D eigenvalue weighted by molar-refractivity contribution is 0.419. The normalized spacial score (nSPS) is 13.1. The first-order valence-electron chi connectivity index (χ1n) is 6.61. The highest BCUT2D eigenvalue weighted by Crippen LogP contribution is 2.38. The first-order chi connectivity index (χ1) is 10.6. The van der Waals surface area contributed by atoms with Crippen molar-refractivity contribution in [3.8, 4) is 5.88 Å². The molecule has 112 valence electrons. The maximum Gasteiger partial charge on any atom is 0.211 e. The van der Waals surface area contributed by atoms with Crippen molar-refractivity contribution in [3.63, 3.8) is 0 Å². The fourth-order valence-electron chi connectivity index (χ4n) is 2.24. The van der Waals surface area contributed by atoms with Gasteiger partial charge >= 0.3 is 0 Å². The van der Waals surface area contributed by atoms with E-state index in [9.17, 15) is 5.11 Å². The molecule has 0 spiro atoms. The Hall–Kier alpha value is -1.76. The number of nitrogens with zero attached hydrogens (tertiary/aromatic N) is 3. The minimum atomic E-state index is 0.170. The highest BCUT2D eigenvalue weighted by Gasteiger charge is 2.20. The molecule has 1 aliphatic heterocycles. The van der Waals surface area contributed by atoms with Gasteiger partial charge in [0.2, 0.25) is 5.88 Å². The molecule has 1 aromatic heterocycles. The van der Waals surface area contributed by atoms with Gasteiger partial charge in [0.1, 0.15) is 0 Å². The fraction of sp³-hybridized carbons (Fsp3) is 0.133. The first-order valence-corrected chi connectivity index (χ1v) is 8.21. The van der Waals surface area contributed by atoms with Crippen molar-refractivity contribution in [1.29, 1.82) is 0 Å². The maximum absolute atomic E-state index is 10.5. The summed E-state index contributed by atoms with van der Waals surface area (Å²) in [5.41, 5.74) is 2.61. The summed E-state index contributed by atoms with van der Waals surface area (Å²) in [7, 11) is 0. The number of aromatic nitrogens is 1. The Kier molecular flexibility index (Phi) is 4.24. The van der Waals surface area contributed by atoms with E-state index in [1.54, 1.807) is 17.0 Å². The van der Waals surface area contributed by atoms with Crippen molar-refractivity contribution in [2.75, 3.05) is 0 Å². The van der Waals surface area contributed by atoms with Gasteiger partial charge in [-0.2, -0.15) is 10.2 Å². The molecule has 0 amide bonds. The lowest BCUT2D eigenvalue weighted by Gasteiger charge is -2.09. The summed E-state index contributed by atoms with van der Waals surface area (Å²) < 4.78 is 2.34. The molecule has 0 saturated heterocycles. The van der Waals surface area contributed by atoms with Crippen LogP contribution >= 0.6 is 35.2 Å². The molecule has 2 heterocycles. The lowest BCUT2D eigenvalue weighted by atomic mass is 9.99. The summed E-state index contributed by atoms with van der Waals surface area (Å²) >= 11 is 12.7. The van der Waals surface area contributed by atoms with Crippen molar-refractivity contribution in [2.24, 2.45) is 10.2 Å². The number of halogens is 1. The Morgan fingerprint density at radius 3 is 2.45 bits per heavy atom. The molecule has 1 aliphatic rings. The third kappa shape index (κ3) is 2.65. The SMILES string of the molecule is CCn1c(O)c(C(=C2C=NN=C2)c2ccc(Cl)cc2)sc1=S. The molecule has 0 saturated carbocycles. The second-order valence-corrected chi connectivity index (χ2v) is 6.67. The van der Waals surface area contributed by atoms with Gasteiger partial charge in [0.15, 0.2) is 3.95 Å². The molecule has 0 atom stereocenters. The lowest BCUT2D eigenvalue weighted by Crippen LogP contribution is -1.96. The van der Waals surface area contributed by atoms with E-state index >= 15 is 0 Å². The van der Waals surface area contributed by atoms with Crippen molar-refractivity contribution < 1.29 is 5.11 Å². The first kappa shape index (κ1) is 15.1. The number of thiazole rings is 1. The summed E-state index contributed by atoms with van der Waals surface area (Å²) in [5.74, 6) is 0.170. The summed E-state index contributed by atoms with van der Waals surface area (Å²) in [6.07, 6.45) is 3.34. The molecule has 0 fully saturated rings. The molecule has 7 heteroatoms. The molecular formula is C15H12ClN3OS2. The van der Waals surface area contributed by atoms with Crippen LogP contribution in [-0.2, 0) is 6.54 Å². The quantitative estimate of drug-likeness (QED) is 0.827. The molecule has 0 aliphatic carbocycles. The van der Waals surface area contributed by atoms with Crippen LogP contribution in [0.15, 0.2) is 40.0 Å². The Morgan fingerprint density at radius 1 is 1.27 bits per heavy atom. The summed E-state index contributed by atoms with van der Waals surface area (Å²) in [5, 5.41) is 18.9. The zero-order valence-corrected chi connectivity index (χ0v) is 14.0. The molecule has 0 bridgehead atoms. The van der Waals surface area contributed by atoms with E-state index in [1.807, 2.05) is 31.2 Å². The molecule has 2 aromatic rings. The zero-order valence-electron chi connectivity index (χ0n) is 11.7. The molecule has 3 rings (SSSR count). The summed E-state index contributed by atoms with van der Waals surface area (Å²) in [4.78, 5) is 0.712. The minimum absolute atomic E-state index is 0.170. The predicted molar refractivity (Wildman–Crippen MR) is 94.9 cm³/mol. The predicted octanol–water partition coefficient (Wildman–Crippen LogP) is 4.53. The molecule has 4 nitrogen and oxygen atoms in total. The van der Waals surface area contributed by atoms with Crippen LogP contribution in [0.2, 0.25) is 5.02 Å². The number of aromatic hydroxyl groups is 1. The van der Waals surface area contributed by atoms with Crippen LogP contribution < -0.4 is 0 Å². The highest BCUT2D eigenvalue weighted by molar-refractivity contribution is 7.73. The third-order valence-corrected chi connectivity index (χ3v) is 5.00. The molecule has 1 aromatic carbocycles. The number of hydrogen-bond acceptors (Lipinski definition) is 5. The van der Waals surface area contributed by atoms with Crippen molar-refractivity contribution in [3.05, 3.63) is 49.3 Å². The van der Waals surface area contributed by atoms with Crippen LogP contribution in [0.4, 0.5) is 0 Å². The van der Waals surface area contributed by atoms with E-state index in [-0.39, 0.29) is 5.88 Å². The van der Waals surface area contributed by atoms with E-state index in [0.717, 1.165) is 16.7 Å². The second-order valence-electron chi connectivity index (χ2n) is 4.59. The van der Waals surface area contributed by atoms with Gasteiger partial charge in [0.05, 0.1) is 17.3 Å².